The number of urea groups is 1. The molecule has 1 aliphatic heterocycles. The zero-order valence-electron chi connectivity index (χ0n) is 22.6. The van der Waals surface area contributed by atoms with Crippen LogP contribution in [0, 0.1) is 11.3 Å². The first kappa shape index (κ1) is 27.6. The first-order chi connectivity index (χ1) is 19.1. The summed E-state index contributed by atoms with van der Waals surface area (Å²) in [5.41, 5.74) is 6.50. The van der Waals surface area contributed by atoms with E-state index in [1.54, 1.807) is 31.4 Å². The van der Waals surface area contributed by atoms with Crippen molar-refractivity contribution in [3.63, 3.8) is 0 Å². The quantitative estimate of drug-likeness (QED) is 0.287. The van der Waals surface area contributed by atoms with Crippen molar-refractivity contribution in [2.75, 3.05) is 63.4 Å². The third-order valence-corrected chi connectivity index (χ3v) is 6.78. The van der Waals surface area contributed by atoms with Gasteiger partial charge in [-0.15, -0.1) is 0 Å². The predicted octanol–water partition coefficient (Wildman–Crippen LogP) is 4.01. The van der Waals surface area contributed by atoms with E-state index < -0.39 is 0 Å². The van der Waals surface area contributed by atoms with Crippen molar-refractivity contribution >= 4 is 17.4 Å². The molecule has 4 rings (SSSR count). The van der Waals surface area contributed by atoms with Gasteiger partial charge < -0.3 is 19.7 Å². The summed E-state index contributed by atoms with van der Waals surface area (Å²) in [6, 6.07) is 24.8. The third kappa shape index (κ3) is 7.79. The molecule has 39 heavy (non-hydrogen) atoms. The van der Waals surface area contributed by atoms with Gasteiger partial charge in [-0.05, 0) is 67.1 Å². The highest BCUT2D eigenvalue weighted by atomic mass is 16.5. The minimum absolute atomic E-state index is 0.263. The Morgan fingerprint density at radius 1 is 0.949 bits per heavy atom. The molecule has 1 saturated heterocycles. The lowest BCUT2D eigenvalue weighted by Gasteiger charge is -2.36. The molecule has 0 spiro atoms. The summed E-state index contributed by atoms with van der Waals surface area (Å²) in [6.07, 6.45) is 0.861. The van der Waals surface area contributed by atoms with Gasteiger partial charge in [-0.25, -0.2) is 10.2 Å². The highest BCUT2D eigenvalue weighted by molar-refractivity contribution is 5.76. The van der Waals surface area contributed by atoms with Gasteiger partial charge in [0.25, 0.3) is 0 Å². The number of nitriles is 1. The highest BCUT2D eigenvalue weighted by Crippen LogP contribution is 2.28. The fraction of sp³-hybridized carbons (Fsp3) is 0.333. The fourth-order valence-electron chi connectivity index (χ4n) is 4.59. The molecule has 2 amide bonds. The van der Waals surface area contributed by atoms with Crippen LogP contribution in [0.15, 0.2) is 72.8 Å². The van der Waals surface area contributed by atoms with Gasteiger partial charge in [0.1, 0.15) is 11.5 Å². The Labute approximate surface area is 230 Å². The zero-order valence-corrected chi connectivity index (χ0v) is 22.6. The zero-order chi connectivity index (χ0) is 27.5. The third-order valence-electron chi connectivity index (χ3n) is 6.78. The Balaban J connectivity index is 1.24. The van der Waals surface area contributed by atoms with E-state index in [0.29, 0.717) is 18.7 Å². The van der Waals surface area contributed by atoms with Gasteiger partial charge in [0.05, 0.1) is 43.8 Å². The van der Waals surface area contributed by atoms with Crippen molar-refractivity contribution in [1.29, 1.82) is 5.26 Å². The van der Waals surface area contributed by atoms with Crippen LogP contribution in [0.25, 0.3) is 0 Å². The largest absolute Gasteiger partial charge is 0.497 e. The van der Waals surface area contributed by atoms with E-state index in [1.165, 1.54) is 0 Å². The molecule has 2 N–H and O–H groups in total. The lowest BCUT2D eigenvalue weighted by molar-refractivity contribution is 0.235. The number of rotatable bonds is 11. The first-order valence-electron chi connectivity index (χ1n) is 13.1. The van der Waals surface area contributed by atoms with E-state index in [0.717, 1.165) is 67.6 Å². The lowest BCUT2D eigenvalue weighted by Crippen LogP contribution is -2.49. The molecule has 0 aromatic heterocycles. The minimum atomic E-state index is -0.263. The molecule has 1 aliphatic rings. The molecule has 1 heterocycles. The number of piperazine rings is 1. The number of methoxy groups -OCH3 is 2. The number of nitrogens with zero attached hydrogens (tertiary/aromatic N) is 4. The van der Waals surface area contributed by atoms with Crippen LogP contribution in [-0.2, 0) is 6.54 Å². The normalized spacial score (nSPS) is 13.3. The van der Waals surface area contributed by atoms with Crippen LogP contribution in [0.2, 0.25) is 0 Å². The van der Waals surface area contributed by atoms with Crippen molar-refractivity contribution in [3.8, 4) is 17.6 Å². The Kier molecular flexibility index (Phi) is 9.86. The van der Waals surface area contributed by atoms with Crippen LogP contribution in [0.3, 0.4) is 0 Å². The second-order valence-corrected chi connectivity index (χ2v) is 9.31. The molecule has 0 atom stereocenters. The Morgan fingerprint density at radius 3 is 2.33 bits per heavy atom. The molecule has 0 saturated carbocycles. The molecular weight excluding hydrogens is 492 g/mol. The van der Waals surface area contributed by atoms with E-state index in [9.17, 15) is 4.79 Å². The van der Waals surface area contributed by atoms with Crippen LogP contribution >= 0.6 is 0 Å². The summed E-state index contributed by atoms with van der Waals surface area (Å²) >= 11 is 0. The number of para-hydroxylation sites is 2. The predicted molar refractivity (Wildman–Crippen MR) is 153 cm³/mol. The van der Waals surface area contributed by atoms with E-state index in [4.69, 9.17) is 14.7 Å². The number of amides is 2. The van der Waals surface area contributed by atoms with E-state index >= 15 is 0 Å². The van der Waals surface area contributed by atoms with Crippen molar-refractivity contribution in [2.45, 2.75) is 13.0 Å². The molecule has 3 aromatic rings. The number of benzene rings is 3. The number of ether oxygens (including phenoxy) is 2. The molecule has 9 heteroatoms. The lowest BCUT2D eigenvalue weighted by atomic mass is 10.1. The van der Waals surface area contributed by atoms with Crippen molar-refractivity contribution < 1.29 is 14.3 Å². The van der Waals surface area contributed by atoms with Crippen LogP contribution in [-0.4, -0.2) is 64.4 Å². The summed E-state index contributed by atoms with van der Waals surface area (Å²) in [5.74, 6) is 1.65. The summed E-state index contributed by atoms with van der Waals surface area (Å²) in [4.78, 5) is 17.6. The number of hydrogen-bond donors (Lipinski definition) is 2. The molecule has 0 unspecified atom stereocenters. The van der Waals surface area contributed by atoms with E-state index in [2.05, 4.69) is 32.7 Å². The SMILES string of the molecule is COc1ccc(N(Cc2ccc(C#N)cc2)NC(=O)NCCCN2CCN(c3ccccc3OC)CC2)cc1. The molecule has 0 bridgehead atoms. The highest BCUT2D eigenvalue weighted by Gasteiger charge is 2.19. The number of anilines is 2. The number of nitrogens with one attached hydrogen (secondary N) is 2. The van der Waals surface area contributed by atoms with Crippen LogP contribution < -0.4 is 30.1 Å². The van der Waals surface area contributed by atoms with Gasteiger partial charge >= 0.3 is 6.03 Å². The summed E-state index contributed by atoms with van der Waals surface area (Å²) in [5, 5.41) is 13.8. The van der Waals surface area contributed by atoms with Crippen molar-refractivity contribution in [1.82, 2.24) is 15.6 Å². The molecule has 9 nitrogen and oxygen atoms in total. The first-order valence-corrected chi connectivity index (χ1v) is 13.1. The van der Waals surface area contributed by atoms with Gasteiger partial charge in [0.15, 0.2) is 0 Å². The summed E-state index contributed by atoms with van der Waals surface area (Å²) < 4.78 is 10.8. The van der Waals surface area contributed by atoms with Crippen molar-refractivity contribution in [2.24, 2.45) is 0 Å². The maximum atomic E-state index is 12.8. The number of hydrogen-bond acceptors (Lipinski definition) is 7. The number of carbonyl (C=O) groups is 1. The van der Waals surface area contributed by atoms with Gasteiger partial charge in [0, 0.05) is 32.7 Å². The smallest absolute Gasteiger partial charge is 0.333 e. The number of carbonyl (C=O) groups excluding carboxylic acids is 1. The minimum Gasteiger partial charge on any atom is -0.497 e. The monoisotopic (exact) mass is 528 g/mol. The summed E-state index contributed by atoms with van der Waals surface area (Å²) in [7, 11) is 3.33. The van der Waals surface area contributed by atoms with E-state index in [-0.39, 0.29) is 6.03 Å². The average molecular weight is 529 g/mol. The standard InChI is InChI=1S/C30H36N6O3/c1-38-27-14-12-26(13-15-27)36(23-25-10-8-24(22-31)9-11-25)33-30(37)32-16-5-17-34-18-20-35(21-19-34)28-6-3-4-7-29(28)39-2/h3-4,6-15H,5,16-21,23H2,1-2H3,(H2,32,33,37). The maximum Gasteiger partial charge on any atom is 0.333 e. The number of hydrazine groups is 1. The molecule has 3 aromatic carbocycles. The molecule has 0 radical (unpaired) electrons. The van der Waals surface area contributed by atoms with Gasteiger partial charge in [-0.1, -0.05) is 24.3 Å². The van der Waals surface area contributed by atoms with Crippen LogP contribution in [0.5, 0.6) is 11.5 Å². The molecule has 204 valence electrons. The fourth-order valence-corrected chi connectivity index (χ4v) is 4.59. The molecular formula is C30H36N6O3. The van der Waals surface area contributed by atoms with Crippen LogP contribution in [0.1, 0.15) is 17.5 Å². The van der Waals surface area contributed by atoms with Gasteiger partial charge in [-0.2, -0.15) is 5.26 Å². The second kappa shape index (κ2) is 13.9. The second-order valence-electron chi connectivity index (χ2n) is 9.31. The molecule has 1 fully saturated rings. The summed E-state index contributed by atoms with van der Waals surface area (Å²) in [6.45, 7) is 5.78. The van der Waals surface area contributed by atoms with E-state index in [1.807, 2.05) is 54.6 Å². The average Bonchev–Trinajstić information content (AvgIpc) is 2.99. The topological polar surface area (TPSA) is 93.1 Å². The Morgan fingerprint density at radius 2 is 1.67 bits per heavy atom. The molecule has 0 aliphatic carbocycles. The Hall–Kier alpha value is -4.42. The van der Waals surface area contributed by atoms with Gasteiger partial charge in [-0.3, -0.25) is 9.91 Å². The Bertz CT molecular complexity index is 1230. The van der Waals surface area contributed by atoms with Gasteiger partial charge in [0.2, 0.25) is 0 Å². The maximum absolute atomic E-state index is 12.8. The van der Waals surface area contributed by atoms with Crippen LogP contribution in [0.4, 0.5) is 16.2 Å². The van der Waals surface area contributed by atoms with Crippen molar-refractivity contribution in [3.05, 3.63) is 83.9 Å².